The van der Waals surface area contributed by atoms with E-state index in [1.54, 1.807) is 13.8 Å². The predicted octanol–water partition coefficient (Wildman–Crippen LogP) is 4.02. The van der Waals surface area contributed by atoms with Crippen LogP contribution in [0.1, 0.15) is 45.7 Å². The highest BCUT2D eigenvalue weighted by molar-refractivity contribution is 5.68. The lowest BCUT2D eigenvalue weighted by Crippen LogP contribution is -2.41. The van der Waals surface area contributed by atoms with Gasteiger partial charge in [0.2, 0.25) is 0 Å². The van der Waals surface area contributed by atoms with Crippen LogP contribution in [0, 0.1) is 0 Å². The third-order valence-electron chi connectivity index (χ3n) is 2.83. The van der Waals surface area contributed by atoms with Crippen molar-refractivity contribution in [3.05, 3.63) is 42.0 Å². The van der Waals surface area contributed by atoms with E-state index in [-0.39, 0.29) is 6.10 Å². The van der Waals surface area contributed by atoms with Crippen molar-refractivity contribution >= 4 is 11.7 Å². The summed E-state index contributed by atoms with van der Waals surface area (Å²) in [4.78, 5) is 21.1. The minimum Gasteiger partial charge on any atom is -0.310 e. The van der Waals surface area contributed by atoms with Crippen LogP contribution in [0.5, 0.6) is 0 Å². The molecule has 20 heavy (non-hydrogen) atoms. The molecule has 0 unspecified atom stereocenters. The summed E-state index contributed by atoms with van der Waals surface area (Å²) < 4.78 is 0. The van der Waals surface area contributed by atoms with Gasteiger partial charge in [-0.25, -0.2) is 4.79 Å². The molecule has 0 aliphatic rings. The smallest absolute Gasteiger partial charge is 0.310 e. The third kappa shape index (κ3) is 4.70. The second-order valence-electron chi connectivity index (χ2n) is 5.62. The van der Waals surface area contributed by atoms with Crippen molar-refractivity contribution in [2.45, 2.75) is 46.3 Å². The average molecular weight is 277 g/mol. The van der Waals surface area contributed by atoms with E-state index >= 15 is 0 Å². The number of rotatable bonds is 5. The Morgan fingerprint density at radius 1 is 1.25 bits per heavy atom. The summed E-state index contributed by atoms with van der Waals surface area (Å²) in [5.41, 5.74) is 2.51. The first-order valence-corrected chi connectivity index (χ1v) is 6.64. The zero-order valence-electron chi connectivity index (χ0n) is 12.8. The number of nitrogens with one attached hydrogen (secondary N) is 1. The van der Waals surface area contributed by atoms with Gasteiger partial charge in [0.05, 0.1) is 11.6 Å². The van der Waals surface area contributed by atoms with E-state index in [0.29, 0.717) is 0 Å². The monoisotopic (exact) mass is 277 g/mol. The van der Waals surface area contributed by atoms with Crippen molar-refractivity contribution < 1.29 is 14.6 Å². The fourth-order valence-corrected chi connectivity index (χ4v) is 1.66. The van der Waals surface area contributed by atoms with Gasteiger partial charge in [-0.15, -0.1) is 0 Å². The largest absolute Gasteiger partial charge is 0.439 e. The number of amides is 1. The van der Waals surface area contributed by atoms with Gasteiger partial charge in [-0.3, -0.25) is 4.89 Å². The van der Waals surface area contributed by atoms with E-state index in [9.17, 15) is 4.79 Å². The highest BCUT2D eigenvalue weighted by Crippen LogP contribution is 2.22. The molecule has 0 aliphatic heterocycles. The Kier molecular flexibility index (Phi) is 5.34. The molecule has 1 aromatic rings. The summed E-state index contributed by atoms with van der Waals surface area (Å²) in [6.07, 6.45) is -0.772. The molecule has 4 nitrogen and oxygen atoms in total. The van der Waals surface area contributed by atoms with E-state index in [1.165, 1.54) is 0 Å². The van der Waals surface area contributed by atoms with Gasteiger partial charge in [-0.1, -0.05) is 36.4 Å². The molecule has 0 heterocycles. The Morgan fingerprint density at radius 2 is 1.80 bits per heavy atom. The van der Waals surface area contributed by atoms with Gasteiger partial charge in [0.1, 0.15) is 0 Å². The summed E-state index contributed by atoms with van der Waals surface area (Å²) in [6.45, 7) is 13.2. The lowest BCUT2D eigenvalue weighted by atomic mass is 9.93. The van der Waals surface area contributed by atoms with Crippen molar-refractivity contribution in [2.24, 2.45) is 0 Å². The Labute approximate surface area is 120 Å². The molecule has 1 amide bonds. The summed E-state index contributed by atoms with van der Waals surface area (Å²) in [5.74, 6) is 0. The quantitative estimate of drug-likeness (QED) is 0.653. The predicted molar refractivity (Wildman–Crippen MR) is 80.0 cm³/mol. The molecule has 1 N–H and O–H groups in total. The van der Waals surface area contributed by atoms with Crippen molar-refractivity contribution in [2.75, 3.05) is 0 Å². The fraction of sp³-hybridized carbons (Fsp3) is 0.438. The van der Waals surface area contributed by atoms with Crippen LogP contribution in [-0.2, 0) is 15.3 Å². The first-order chi connectivity index (χ1) is 9.22. The second-order valence-corrected chi connectivity index (χ2v) is 5.62. The van der Waals surface area contributed by atoms with Gasteiger partial charge < -0.3 is 5.32 Å². The van der Waals surface area contributed by atoms with Gasteiger partial charge in [0.25, 0.3) is 0 Å². The number of allylic oxidation sites excluding steroid dienone is 1. The first kappa shape index (κ1) is 16.2. The molecular weight excluding hydrogens is 254 g/mol. The molecule has 1 aromatic carbocycles. The molecule has 0 atom stereocenters. The minimum absolute atomic E-state index is 0.168. The second kappa shape index (κ2) is 6.57. The number of hydrogen-bond acceptors (Lipinski definition) is 3. The Bertz CT molecular complexity index is 475. The van der Waals surface area contributed by atoms with E-state index in [4.69, 9.17) is 4.89 Å². The van der Waals surface area contributed by atoms with Crippen molar-refractivity contribution in [3.8, 4) is 0 Å². The molecule has 0 spiro atoms. The SMILES string of the molecule is C=C(C)c1ccc(C(C)(C)NC(=O)OOC(C)C)cc1. The van der Waals surface area contributed by atoms with Crippen LogP contribution in [0.25, 0.3) is 5.57 Å². The van der Waals surface area contributed by atoms with Crippen LogP contribution >= 0.6 is 0 Å². The van der Waals surface area contributed by atoms with Crippen molar-refractivity contribution in [1.82, 2.24) is 5.32 Å². The summed E-state index contributed by atoms with van der Waals surface area (Å²) in [6, 6.07) is 7.90. The molecule has 0 aliphatic carbocycles. The van der Waals surface area contributed by atoms with E-state index < -0.39 is 11.6 Å². The maximum absolute atomic E-state index is 11.6. The normalized spacial score (nSPS) is 11.3. The molecule has 0 saturated carbocycles. The number of benzene rings is 1. The molecule has 110 valence electrons. The lowest BCUT2D eigenvalue weighted by Gasteiger charge is -2.26. The Balaban J connectivity index is 2.72. The van der Waals surface area contributed by atoms with Crippen molar-refractivity contribution in [1.29, 1.82) is 0 Å². The average Bonchev–Trinajstić information content (AvgIpc) is 2.36. The number of carbonyl (C=O) groups is 1. The molecular formula is C16H23NO3. The van der Waals surface area contributed by atoms with Crippen LogP contribution in [0.4, 0.5) is 4.79 Å². The highest BCUT2D eigenvalue weighted by Gasteiger charge is 2.24. The lowest BCUT2D eigenvalue weighted by molar-refractivity contribution is -0.264. The van der Waals surface area contributed by atoms with E-state index in [1.807, 2.05) is 45.0 Å². The number of hydrogen-bond donors (Lipinski definition) is 1. The Hall–Kier alpha value is -1.81. The molecule has 0 fully saturated rings. The molecule has 0 aromatic heterocycles. The van der Waals surface area contributed by atoms with Crippen LogP contribution in [0.15, 0.2) is 30.8 Å². The minimum atomic E-state index is -0.604. The maximum Gasteiger partial charge on any atom is 0.439 e. The number of carbonyl (C=O) groups excluding carboxylic acids is 1. The summed E-state index contributed by atoms with van der Waals surface area (Å²) >= 11 is 0. The third-order valence-corrected chi connectivity index (χ3v) is 2.83. The molecule has 0 radical (unpaired) electrons. The van der Waals surface area contributed by atoms with Gasteiger partial charge >= 0.3 is 6.09 Å². The van der Waals surface area contributed by atoms with Gasteiger partial charge in [0, 0.05) is 0 Å². The standard InChI is InChI=1S/C16H23NO3/c1-11(2)13-7-9-14(10-8-13)16(5,6)17-15(18)20-19-12(3)4/h7-10,12H,1H2,2-6H3,(H,17,18). The van der Waals surface area contributed by atoms with Crippen LogP contribution in [-0.4, -0.2) is 12.2 Å². The fourth-order valence-electron chi connectivity index (χ4n) is 1.66. The molecule has 1 rings (SSSR count). The van der Waals surface area contributed by atoms with Crippen molar-refractivity contribution in [3.63, 3.8) is 0 Å². The summed E-state index contributed by atoms with van der Waals surface area (Å²) in [7, 11) is 0. The molecule has 0 saturated heterocycles. The molecule has 4 heteroatoms. The van der Waals surface area contributed by atoms with E-state index in [0.717, 1.165) is 16.7 Å². The zero-order chi connectivity index (χ0) is 15.3. The highest BCUT2D eigenvalue weighted by atomic mass is 17.2. The summed E-state index contributed by atoms with van der Waals surface area (Å²) in [5, 5.41) is 2.77. The first-order valence-electron chi connectivity index (χ1n) is 6.64. The molecule has 0 bridgehead atoms. The van der Waals surface area contributed by atoms with E-state index in [2.05, 4.69) is 16.8 Å². The topological polar surface area (TPSA) is 47.6 Å². The van der Waals surface area contributed by atoms with Crippen LogP contribution in [0.2, 0.25) is 0 Å². The Morgan fingerprint density at radius 3 is 2.25 bits per heavy atom. The van der Waals surface area contributed by atoms with Crippen LogP contribution in [0.3, 0.4) is 0 Å². The van der Waals surface area contributed by atoms with Crippen LogP contribution < -0.4 is 5.32 Å². The van der Waals surface area contributed by atoms with Gasteiger partial charge in [0.15, 0.2) is 0 Å². The van der Waals surface area contributed by atoms with Gasteiger partial charge in [-0.2, -0.15) is 4.89 Å². The maximum atomic E-state index is 11.6. The van der Waals surface area contributed by atoms with Gasteiger partial charge in [-0.05, 0) is 45.7 Å². The zero-order valence-corrected chi connectivity index (χ0v) is 12.8.